The van der Waals surface area contributed by atoms with Gasteiger partial charge in [0.1, 0.15) is 5.75 Å². The van der Waals surface area contributed by atoms with Crippen LogP contribution in [0.15, 0.2) is 36.4 Å². The quantitative estimate of drug-likeness (QED) is 0.833. The Kier molecular flexibility index (Phi) is 4.88. The molecule has 116 valence electrons. The van der Waals surface area contributed by atoms with Crippen molar-refractivity contribution in [3.8, 4) is 28.4 Å². The van der Waals surface area contributed by atoms with Gasteiger partial charge in [0.05, 0.1) is 19.4 Å². The van der Waals surface area contributed by atoms with Crippen LogP contribution in [0.1, 0.15) is 6.92 Å². The second kappa shape index (κ2) is 6.85. The van der Waals surface area contributed by atoms with Crippen molar-refractivity contribution in [2.24, 2.45) is 0 Å². The number of carbonyl (C=O) groups excluding carboxylic acids is 1. The van der Waals surface area contributed by atoms with Crippen LogP contribution in [0.5, 0.6) is 17.2 Å². The molecule has 0 heterocycles. The van der Waals surface area contributed by atoms with Gasteiger partial charge in [-0.2, -0.15) is 0 Å². The molecule has 0 aliphatic heterocycles. The molecule has 0 saturated heterocycles. The number of carbonyl (C=O) groups is 1. The predicted octanol–water partition coefficient (Wildman–Crippen LogP) is 3.06. The average Bonchev–Trinajstić information content (AvgIpc) is 2.55. The molecule has 22 heavy (non-hydrogen) atoms. The molecule has 0 atom stereocenters. The second-order valence-corrected chi connectivity index (χ2v) is 4.69. The van der Waals surface area contributed by atoms with Crippen LogP contribution in [0, 0.1) is 0 Å². The van der Waals surface area contributed by atoms with Crippen molar-refractivity contribution in [1.29, 1.82) is 0 Å². The van der Waals surface area contributed by atoms with Crippen LogP contribution in [0.25, 0.3) is 11.1 Å². The molecular weight excluding hydrogens is 282 g/mol. The number of nitrogens with zero attached hydrogens (tertiary/aromatic N) is 1. The fourth-order valence-electron chi connectivity index (χ4n) is 2.26. The number of phenolic OH excluding ortho intramolecular Hbond substituents is 1. The molecule has 0 bridgehead atoms. The molecule has 0 radical (unpaired) electrons. The van der Waals surface area contributed by atoms with Gasteiger partial charge < -0.3 is 19.5 Å². The Morgan fingerprint density at radius 1 is 1.18 bits per heavy atom. The minimum atomic E-state index is 0.0657. The number of hydrogen-bond acceptors (Lipinski definition) is 4. The highest BCUT2D eigenvalue weighted by atomic mass is 16.5. The number of phenols is 1. The summed E-state index contributed by atoms with van der Waals surface area (Å²) in [5, 5.41) is 10.3. The number of amides is 1. The van der Waals surface area contributed by atoms with Gasteiger partial charge in [0.2, 0.25) is 6.41 Å². The molecule has 0 aromatic heterocycles. The molecule has 2 aromatic carbocycles. The standard InChI is InChI=1S/C17H19NO4/c1-4-22-17-10-15(20)13(9-16(17)21-3)12-7-5-6-8-14(12)18(2)11-19/h5-11,20H,4H2,1-3H3. The summed E-state index contributed by atoms with van der Waals surface area (Å²) in [6.07, 6.45) is 0.724. The molecule has 0 fully saturated rings. The number of hydrogen-bond donors (Lipinski definition) is 1. The fourth-order valence-corrected chi connectivity index (χ4v) is 2.26. The summed E-state index contributed by atoms with van der Waals surface area (Å²) in [7, 11) is 3.21. The van der Waals surface area contributed by atoms with E-state index in [4.69, 9.17) is 9.47 Å². The van der Waals surface area contributed by atoms with E-state index >= 15 is 0 Å². The van der Waals surface area contributed by atoms with Crippen LogP contribution in [0.4, 0.5) is 5.69 Å². The minimum Gasteiger partial charge on any atom is -0.507 e. The number of methoxy groups -OCH3 is 1. The van der Waals surface area contributed by atoms with Crippen LogP contribution in [0.3, 0.4) is 0 Å². The zero-order valence-electron chi connectivity index (χ0n) is 12.9. The first-order valence-electron chi connectivity index (χ1n) is 6.93. The van der Waals surface area contributed by atoms with Crippen LogP contribution in [-0.4, -0.2) is 32.3 Å². The molecule has 1 N–H and O–H groups in total. The molecule has 2 rings (SSSR count). The van der Waals surface area contributed by atoms with E-state index in [2.05, 4.69) is 0 Å². The lowest BCUT2D eigenvalue weighted by Gasteiger charge is -2.18. The third-order valence-electron chi connectivity index (χ3n) is 3.31. The Morgan fingerprint density at radius 2 is 1.91 bits per heavy atom. The first-order chi connectivity index (χ1) is 10.6. The predicted molar refractivity (Wildman–Crippen MR) is 85.7 cm³/mol. The molecule has 0 unspecified atom stereocenters. The third-order valence-corrected chi connectivity index (χ3v) is 3.31. The molecule has 5 heteroatoms. The highest BCUT2D eigenvalue weighted by Gasteiger charge is 2.16. The van der Waals surface area contributed by atoms with Gasteiger partial charge in [0, 0.05) is 24.2 Å². The van der Waals surface area contributed by atoms with Crippen molar-refractivity contribution in [3.05, 3.63) is 36.4 Å². The summed E-state index contributed by atoms with van der Waals surface area (Å²) in [6, 6.07) is 10.6. The highest BCUT2D eigenvalue weighted by Crippen LogP contribution is 2.42. The number of ether oxygens (including phenoxy) is 2. The number of para-hydroxylation sites is 1. The molecule has 2 aromatic rings. The van der Waals surface area contributed by atoms with Crippen molar-refractivity contribution in [3.63, 3.8) is 0 Å². The van der Waals surface area contributed by atoms with Crippen molar-refractivity contribution in [2.45, 2.75) is 6.92 Å². The maximum Gasteiger partial charge on any atom is 0.213 e. The summed E-state index contributed by atoms with van der Waals surface area (Å²) < 4.78 is 10.8. The second-order valence-electron chi connectivity index (χ2n) is 4.69. The maximum absolute atomic E-state index is 11.1. The number of anilines is 1. The van der Waals surface area contributed by atoms with E-state index in [9.17, 15) is 9.90 Å². The third kappa shape index (κ3) is 2.98. The molecule has 5 nitrogen and oxygen atoms in total. The zero-order chi connectivity index (χ0) is 16.1. The first-order valence-corrected chi connectivity index (χ1v) is 6.93. The minimum absolute atomic E-state index is 0.0657. The summed E-state index contributed by atoms with van der Waals surface area (Å²) >= 11 is 0. The van der Waals surface area contributed by atoms with Crippen LogP contribution >= 0.6 is 0 Å². The van der Waals surface area contributed by atoms with E-state index in [1.54, 1.807) is 20.2 Å². The lowest BCUT2D eigenvalue weighted by atomic mass is 10.0. The van der Waals surface area contributed by atoms with Gasteiger partial charge in [0.15, 0.2) is 11.5 Å². The van der Waals surface area contributed by atoms with Crippen molar-refractivity contribution < 1.29 is 19.4 Å². The van der Waals surface area contributed by atoms with E-state index < -0.39 is 0 Å². The lowest BCUT2D eigenvalue weighted by Crippen LogP contribution is -2.14. The summed E-state index contributed by atoms with van der Waals surface area (Å²) in [5.74, 6) is 1.07. The number of benzene rings is 2. The molecule has 1 amide bonds. The Balaban J connectivity index is 2.60. The SMILES string of the molecule is CCOc1cc(O)c(-c2ccccc2N(C)C=O)cc1OC. The van der Waals surface area contributed by atoms with Gasteiger partial charge in [-0.05, 0) is 19.1 Å². The van der Waals surface area contributed by atoms with Gasteiger partial charge >= 0.3 is 0 Å². The van der Waals surface area contributed by atoms with Gasteiger partial charge in [-0.3, -0.25) is 4.79 Å². The van der Waals surface area contributed by atoms with E-state index in [0.717, 1.165) is 12.0 Å². The Labute approximate surface area is 129 Å². The molecule has 0 spiro atoms. The largest absolute Gasteiger partial charge is 0.507 e. The van der Waals surface area contributed by atoms with E-state index in [0.29, 0.717) is 29.4 Å². The van der Waals surface area contributed by atoms with Crippen LogP contribution in [0.2, 0.25) is 0 Å². The smallest absolute Gasteiger partial charge is 0.213 e. The number of aromatic hydroxyl groups is 1. The fraction of sp³-hybridized carbons (Fsp3) is 0.235. The van der Waals surface area contributed by atoms with Crippen molar-refractivity contribution in [2.75, 3.05) is 25.7 Å². The van der Waals surface area contributed by atoms with Gasteiger partial charge in [-0.15, -0.1) is 0 Å². The Hall–Kier alpha value is -2.69. The summed E-state index contributed by atoms with van der Waals surface area (Å²) in [4.78, 5) is 12.5. The summed E-state index contributed by atoms with van der Waals surface area (Å²) in [5.41, 5.74) is 2.00. The monoisotopic (exact) mass is 301 g/mol. The van der Waals surface area contributed by atoms with Crippen LogP contribution in [-0.2, 0) is 4.79 Å². The molecule has 0 aliphatic carbocycles. The topological polar surface area (TPSA) is 59.0 Å². The van der Waals surface area contributed by atoms with E-state index in [1.807, 2.05) is 31.2 Å². The highest BCUT2D eigenvalue weighted by molar-refractivity contribution is 5.89. The summed E-state index contributed by atoms with van der Waals surface area (Å²) in [6.45, 7) is 2.33. The Morgan fingerprint density at radius 3 is 2.55 bits per heavy atom. The molecule has 0 aliphatic rings. The zero-order valence-corrected chi connectivity index (χ0v) is 12.9. The first kappa shape index (κ1) is 15.7. The van der Waals surface area contributed by atoms with E-state index in [-0.39, 0.29) is 5.75 Å². The lowest BCUT2D eigenvalue weighted by molar-refractivity contribution is -0.107. The Bertz CT molecular complexity index is 670. The molecular formula is C17H19NO4. The number of rotatable bonds is 6. The average molecular weight is 301 g/mol. The van der Waals surface area contributed by atoms with Crippen molar-refractivity contribution in [1.82, 2.24) is 0 Å². The van der Waals surface area contributed by atoms with Crippen molar-refractivity contribution >= 4 is 12.1 Å². The van der Waals surface area contributed by atoms with Gasteiger partial charge in [-0.25, -0.2) is 0 Å². The molecule has 0 saturated carbocycles. The van der Waals surface area contributed by atoms with E-state index in [1.165, 1.54) is 11.0 Å². The van der Waals surface area contributed by atoms with Gasteiger partial charge in [0.25, 0.3) is 0 Å². The van der Waals surface area contributed by atoms with Gasteiger partial charge in [-0.1, -0.05) is 18.2 Å². The maximum atomic E-state index is 11.1. The van der Waals surface area contributed by atoms with Crippen LogP contribution < -0.4 is 14.4 Å². The normalized spacial score (nSPS) is 10.1.